The number of carbonyl (C=O) groups excluding carboxylic acids is 2. The van der Waals surface area contributed by atoms with Gasteiger partial charge >= 0.3 is 6.09 Å². The lowest BCUT2D eigenvalue weighted by Crippen LogP contribution is -2.50. The number of carbonyl (C=O) groups is 2. The van der Waals surface area contributed by atoms with Gasteiger partial charge in [0, 0.05) is 11.7 Å². The Hall–Kier alpha value is -2.04. The number of hydrogen-bond acceptors (Lipinski definition) is 3. The van der Waals surface area contributed by atoms with Gasteiger partial charge in [-0.05, 0) is 52.7 Å². The summed E-state index contributed by atoms with van der Waals surface area (Å²) in [5.74, 6) is -0.122. The van der Waals surface area contributed by atoms with Gasteiger partial charge in [-0.15, -0.1) is 0 Å². The second-order valence-electron chi connectivity index (χ2n) is 6.76. The van der Waals surface area contributed by atoms with Gasteiger partial charge in [-0.1, -0.05) is 18.2 Å². The molecule has 1 aliphatic rings. The maximum absolute atomic E-state index is 12.7. The van der Waals surface area contributed by atoms with Crippen LogP contribution in [0.1, 0.15) is 40.2 Å². The SMILES string of the molecule is C[C@@H](NC(=O)OC(C)(C)C)C(=O)N1c2ccccc2C[C@@H]1C. The zero-order valence-electron chi connectivity index (χ0n) is 13.8. The summed E-state index contributed by atoms with van der Waals surface area (Å²) in [6.07, 6.45) is 0.259. The van der Waals surface area contributed by atoms with E-state index in [9.17, 15) is 9.59 Å². The average molecular weight is 304 g/mol. The third-order valence-corrected chi connectivity index (χ3v) is 3.55. The number of nitrogens with one attached hydrogen (secondary N) is 1. The summed E-state index contributed by atoms with van der Waals surface area (Å²) in [6, 6.07) is 7.32. The molecule has 120 valence electrons. The van der Waals surface area contributed by atoms with Crippen molar-refractivity contribution in [3.05, 3.63) is 29.8 Å². The molecule has 1 aromatic carbocycles. The van der Waals surface area contributed by atoms with Crippen LogP contribution >= 0.6 is 0 Å². The lowest BCUT2D eigenvalue weighted by atomic mass is 10.1. The first kappa shape index (κ1) is 16.3. The number of amides is 2. The summed E-state index contributed by atoms with van der Waals surface area (Å²) in [6.45, 7) is 9.06. The number of ether oxygens (including phenoxy) is 1. The molecule has 0 aromatic heterocycles. The van der Waals surface area contributed by atoms with Crippen LogP contribution in [0, 0.1) is 0 Å². The van der Waals surface area contributed by atoms with Crippen molar-refractivity contribution in [1.82, 2.24) is 5.32 Å². The molecule has 1 N–H and O–H groups in total. The lowest BCUT2D eigenvalue weighted by Gasteiger charge is -2.27. The first-order valence-electron chi connectivity index (χ1n) is 7.59. The maximum Gasteiger partial charge on any atom is 0.408 e. The van der Waals surface area contributed by atoms with Gasteiger partial charge < -0.3 is 15.0 Å². The molecule has 0 unspecified atom stereocenters. The van der Waals surface area contributed by atoms with Crippen LogP contribution in [0.4, 0.5) is 10.5 Å². The number of hydrogen-bond donors (Lipinski definition) is 1. The third kappa shape index (κ3) is 3.59. The molecule has 0 saturated heterocycles. The maximum atomic E-state index is 12.7. The van der Waals surface area contributed by atoms with E-state index in [1.165, 1.54) is 0 Å². The molecule has 1 heterocycles. The highest BCUT2D eigenvalue weighted by Crippen LogP contribution is 2.32. The van der Waals surface area contributed by atoms with Crippen molar-refractivity contribution in [2.75, 3.05) is 4.90 Å². The van der Waals surface area contributed by atoms with Gasteiger partial charge in [0.15, 0.2) is 0 Å². The van der Waals surface area contributed by atoms with Crippen molar-refractivity contribution in [2.24, 2.45) is 0 Å². The number of para-hydroxylation sites is 1. The molecule has 2 atom stereocenters. The summed E-state index contributed by atoms with van der Waals surface area (Å²) in [7, 11) is 0. The van der Waals surface area contributed by atoms with Crippen molar-refractivity contribution in [2.45, 2.75) is 58.7 Å². The minimum Gasteiger partial charge on any atom is -0.444 e. The Kier molecular flexibility index (Phi) is 4.44. The molecular formula is C17H24N2O3. The zero-order chi connectivity index (χ0) is 16.5. The number of nitrogens with zero attached hydrogens (tertiary/aromatic N) is 1. The predicted molar refractivity (Wildman–Crippen MR) is 85.9 cm³/mol. The Balaban J connectivity index is 2.07. The van der Waals surface area contributed by atoms with Gasteiger partial charge in [0.05, 0.1) is 0 Å². The van der Waals surface area contributed by atoms with E-state index in [4.69, 9.17) is 4.74 Å². The van der Waals surface area contributed by atoms with Crippen molar-refractivity contribution in [3.63, 3.8) is 0 Å². The highest BCUT2D eigenvalue weighted by atomic mass is 16.6. The van der Waals surface area contributed by atoms with E-state index < -0.39 is 17.7 Å². The van der Waals surface area contributed by atoms with E-state index in [0.29, 0.717) is 0 Å². The first-order valence-corrected chi connectivity index (χ1v) is 7.59. The van der Waals surface area contributed by atoms with E-state index in [2.05, 4.69) is 5.32 Å². The molecule has 1 aromatic rings. The number of benzene rings is 1. The first-order chi connectivity index (χ1) is 10.2. The van der Waals surface area contributed by atoms with Gasteiger partial charge in [-0.3, -0.25) is 4.79 Å². The summed E-state index contributed by atoms with van der Waals surface area (Å²) in [5, 5.41) is 2.61. The van der Waals surface area contributed by atoms with E-state index in [1.54, 1.807) is 32.6 Å². The Morgan fingerprint density at radius 2 is 1.95 bits per heavy atom. The second-order valence-corrected chi connectivity index (χ2v) is 6.76. The normalized spacial score (nSPS) is 18.6. The van der Waals surface area contributed by atoms with E-state index in [1.807, 2.05) is 31.2 Å². The van der Waals surface area contributed by atoms with Gasteiger partial charge in [0.2, 0.25) is 5.91 Å². The summed E-state index contributed by atoms with van der Waals surface area (Å²) >= 11 is 0. The minimum atomic E-state index is -0.636. The highest BCUT2D eigenvalue weighted by Gasteiger charge is 2.34. The summed E-state index contributed by atoms with van der Waals surface area (Å²) in [4.78, 5) is 26.2. The molecule has 0 radical (unpaired) electrons. The van der Waals surface area contributed by atoms with Crippen LogP contribution in [0.3, 0.4) is 0 Å². The molecule has 0 aliphatic carbocycles. The molecular weight excluding hydrogens is 280 g/mol. The molecule has 2 amide bonds. The predicted octanol–water partition coefficient (Wildman–Crippen LogP) is 2.88. The van der Waals surface area contributed by atoms with Gasteiger partial charge in [-0.2, -0.15) is 0 Å². The second kappa shape index (κ2) is 5.99. The fourth-order valence-corrected chi connectivity index (χ4v) is 2.66. The average Bonchev–Trinajstić information content (AvgIpc) is 2.71. The third-order valence-electron chi connectivity index (χ3n) is 3.55. The summed E-state index contributed by atoms with van der Waals surface area (Å²) in [5.41, 5.74) is 1.51. The largest absolute Gasteiger partial charge is 0.444 e. The van der Waals surface area contributed by atoms with Crippen LogP contribution in [0.2, 0.25) is 0 Å². The Labute approximate surface area is 131 Å². The van der Waals surface area contributed by atoms with Crippen molar-refractivity contribution in [1.29, 1.82) is 0 Å². The van der Waals surface area contributed by atoms with Crippen molar-refractivity contribution in [3.8, 4) is 0 Å². The molecule has 0 saturated carbocycles. The fraction of sp³-hybridized carbons (Fsp3) is 0.529. The van der Waals surface area contributed by atoms with Gasteiger partial charge in [0.1, 0.15) is 11.6 Å². The molecule has 0 bridgehead atoms. The molecule has 0 spiro atoms. The standard InChI is InChI=1S/C17H24N2O3/c1-11-10-13-8-6-7-9-14(13)19(11)15(20)12(2)18-16(21)22-17(3,4)5/h6-9,11-12H,10H2,1-5H3,(H,18,21)/t11-,12+/m0/s1. The van der Waals surface area contributed by atoms with Crippen LogP contribution in [-0.4, -0.2) is 29.7 Å². The topological polar surface area (TPSA) is 58.6 Å². The lowest BCUT2D eigenvalue weighted by molar-refractivity contribution is -0.120. The molecule has 5 nitrogen and oxygen atoms in total. The quantitative estimate of drug-likeness (QED) is 0.914. The number of alkyl carbamates (subject to hydrolysis) is 1. The van der Waals surface area contributed by atoms with Gasteiger partial charge in [0.25, 0.3) is 0 Å². The smallest absolute Gasteiger partial charge is 0.408 e. The van der Waals surface area contributed by atoms with Crippen molar-refractivity contribution >= 4 is 17.7 Å². The fourth-order valence-electron chi connectivity index (χ4n) is 2.66. The van der Waals surface area contributed by atoms with Crippen LogP contribution in [0.5, 0.6) is 0 Å². The van der Waals surface area contributed by atoms with Gasteiger partial charge in [-0.25, -0.2) is 4.79 Å². The highest BCUT2D eigenvalue weighted by molar-refractivity contribution is 6.00. The molecule has 22 heavy (non-hydrogen) atoms. The number of rotatable bonds is 2. The van der Waals surface area contributed by atoms with Crippen LogP contribution in [0.15, 0.2) is 24.3 Å². The summed E-state index contributed by atoms with van der Waals surface area (Å²) < 4.78 is 5.20. The van der Waals surface area contributed by atoms with Crippen LogP contribution in [0.25, 0.3) is 0 Å². The molecule has 1 aliphatic heterocycles. The zero-order valence-corrected chi connectivity index (χ0v) is 13.8. The molecule has 0 fully saturated rings. The Morgan fingerprint density at radius 3 is 2.59 bits per heavy atom. The van der Waals surface area contributed by atoms with E-state index >= 15 is 0 Å². The molecule has 5 heteroatoms. The van der Waals surface area contributed by atoms with E-state index in [0.717, 1.165) is 17.7 Å². The van der Waals surface area contributed by atoms with Crippen molar-refractivity contribution < 1.29 is 14.3 Å². The Bertz CT molecular complexity index is 578. The monoisotopic (exact) mass is 304 g/mol. The number of anilines is 1. The van der Waals surface area contributed by atoms with Crippen LogP contribution < -0.4 is 10.2 Å². The minimum absolute atomic E-state index is 0.0905. The van der Waals surface area contributed by atoms with E-state index in [-0.39, 0.29) is 11.9 Å². The molecule has 2 rings (SSSR count). The van der Waals surface area contributed by atoms with Crippen LogP contribution in [-0.2, 0) is 16.0 Å². The number of fused-ring (bicyclic) bond motifs is 1. The Morgan fingerprint density at radius 1 is 1.32 bits per heavy atom.